The molecular formula is C19H33IN4O. The van der Waals surface area contributed by atoms with Crippen LogP contribution in [0.25, 0.3) is 0 Å². The highest BCUT2D eigenvalue weighted by atomic mass is 127. The topological polar surface area (TPSA) is 31.3 Å². The van der Waals surface area contributed by atoms with Crippen molar-refractivity contribution in [3.63, 3.8) is 0 Å². The van der Waals surface area contributed by atoms with Gasteiger partial charge in [0, 0.05) is 40.8 Å². The zero-order valence-electron chi connectivity index (χ0n) is 16.4. The second kappa shape index (κ2) is 10.2. The van der Waals surface area contributed by atoms with Gasteiger partial charge in [-0.25, -0.2) is 0 Å². The van der Waals surface area contributed by atoms with Crippen LogP contribution in [0.3, 0.4) is 0 Å². The molecule has 2 unspecified atom stereocenters. The zero-order valence-corrected chi connectivity index (χ0v) is 18.7. The van der Waals surface area contributed by atoms with Crippen molar-refractivity contribution in [2.24, 2.45) is 10.9 Å². The first-order valence-electron chi connectivity index (χ1n) is 8.67. The van der Waals surface area contributed by atoms with Gasteiger partial charge in [-0.05, 0) is 50.0 Å². The number of likely N-dealkylation sites (tertiary alicyclic amines) is 1. The predicted molar refractivity (Wildman–Crippen MR) is 116 cm³/mol. The van der Waals surface area contributed by atoms with E-state index in [2.05, 4.69) is 46.0 Å². The molecule has 2 atom stereocenters. The van der Waals surface area contributed by atoms with Crippen molar-refractivity contribution >= 4 is 29.9 Å². The van der Waals surface area contributed by atoms with Crippen molar-refractivity contribution in [1.29, 1.82) is 0 Å². The molecule has 2 rings (SSSR count). The molecule has 1 fully saturated rings. The molecule has 142 valence electrons. The minimum atomic E-state index is 0. The van der Waals surface area contributed by atoms with Crippen LogP contribution in [-0.2, 0) is 0 Å². The molecule has 1 saturated heterocycles. The summed E-state index contributed by atoms with van der Waals surface area (Å²) in [5.41, 5.74) is 1.36. The first-order chi connectivity index (χ1) is 11.4. The number of hydrogen-bond donors (Lipinski definition) is 0. The Balaban J connectivity index is 0.00000312. The third kappa shape index (κ3) is 5.74. The lowest BCUT2D eigenvalue weighted by atomic mass is 9.85. The van der Waals surface area contributed by atoms with Crippen molar-refractivity contribution < 1.29 is 4.74 Å². The highest BCUT2D eigenvalue weighted by Gasteiger charge is 2.30. The highest BCUT2D eigenvalue weighted by Crippen LogP contribution is 2.35. The summed E-state index contributed by atoms with van der Waals surface area (Å²) in [6, 6.07) is 8.92. The molecule has 1 aromatic rings. The lowest BCUT2D eigenvalue weighted by molar-refractivity contribution is 0.125. The molecule has 0 amide bonds. The number of benzene rings is 1. The van der Waals surface area contributed by atoms with Gasteiger partial charge in [-0.3, -0.25) is 9.89 Å². The van der Waals surface area contributed by atoms with Crippen molar-refractivity contribution in [1.82, 2.24) is 14.7 Å². The average molecular weight is 460 g/mol. The van der Waals surface area contributed by atoms with Crippen LogP contribution in [0.5, 0.6) is 5.75 Å². The normalized spacial score (nSPS) is 20.4. The van der Waals surface area contributed by atoms with Gasteiger partial charge < -0.3 is 14.5 Å². The van der Waals surface area contributed by atoms with Gasteiger partial charge in [0.15, 0.2) is 5.96 Å². The number of hydrogen-bond acceptors (Lipinski definition) is 3. The summed E-state index contributed by atoms with van der Waals surface area (Å²) in [4.78, 5) is 11.5. The maximum Gasteiger partial charge on any atom is 0.195 e. The monoisotopic (exact) mass is 460 g/mol. The van der Waals surface area contributed by atoms with E-state index < -0.39 is 0 Å². The molecule has 1 aliphatic rings. The first kappa shape index (κ1) is 22.0. The number of ether oxygens (including phenoxy) is 1. The Morgan fingerprint density at radius 2 is 1.76 bits per heavy atom. The maximum atomic E-state index is 5.30. The molecule has 0 aliphatic carbocycles. The van der Waals surface area contributed by atoms with Crippen LogP contribution in [-0.4, -0.2) is 76.1 Å². The van der Waals surface area contributed by atoms with E-state index in [0.717, 1.165) is 24.8 Å². The standard InChI is InChI=1S/C19H32N4O.HI/c1-21(2)19(22(3)4)20-14-16-8-7-13-23(5)18(16)15-9-11-17(24-6)12-10-15;/h9-12,16,18H,7-8,13-14H2,1-6H3;1H. The van der Waals surface area contributed by atoms with E-state index in [1.807, 2.05) is 28.2 Å². The summed E-state index contributed by atoms with van der Waals surface area (Å²) in [7, 11) is 12.1. The smallest absolute Gasteiger partial charge is 0.195 e. The number of piperidine rings is 1. The number of guanidine groups is 1. The van der Waals surface area contributed by atoms with E-state index in [1.165, 1.54) is 18.4 Å². The first-order valence-corrected chi connectivity index (χ1v) is 8.67. The van der Waals surface area contributed by atoms with Crippen molar-refractivity contribution in [2.45, 2.75) is 18.9 Å². The van der Waals surface area contributed by atoms with Crippen LogP contribution < -0.4 is 4.74 Å². The van der Waals surface area contributed by atoms with Crippen molar-refractivity contribution in [3.8, 4) is 5.75 Å². The molecule has 5 nitrogen and oxygen atoms in total. The van der Waals surface area contributed by atoms with Crippen LogP contribution in [0.4, 0.5) is 0 Å². The second-order valence-electron chi connectivity index (χ2n) is 7.03. The molecule has 25 heavy (non-hydrogen) atoms. The van der Waals surface area contributed by atoms with Gasteiger partial charge in [0.2, 0.25) is 0 Å². The molecule has 0 N–H and O–H groups in total. The van der Waals surface area contributed by atoms with Gasteiger partial charge in [-0.2, -0.15) is 0 Å². The fraction of sp³-hybridized carbons (Fsp3) is 0.632. The molecule has 0 radical (unpaired) electrons. The van der Waals surface area contributed by atoms with E-state index in [0.29, 0.717) is 12.0 Å². The highest BCUT2D eigenvalue weighted by molar-refractivity contribution is 14.0. The zero-order chi connectivity index (χ0) is 17.7. The number of aliphatic imine (C=N–C) groups is 1. The molecule has 1 aromatic carbocycles. The van der Waals surface area contributed by atoms with E-state index in [9.17, 15) is 0 Å². The van der Waals surface area contributed by atoms with Gasteiger partial charge in [0.05, 0.1) is 7.11 Å². The van der Waals surface area contributed by atoms with Crippen molar-refractivity contribution in [3.05, 3.63) is 29.8 Å². The summed E-state index contributed by atoms with van der Waals surface area (Å²) < 4.78 is 5.30. The molecule has 0 spiro atoms. The fourth-order valence-electron chi connectivity index (χ4n) is 3.66. The van der Waals surface area contributed by atoms with E-state index >= 15 is 0 Å². The largest absolute Gasteiger partial charge is 0.497 e. The second-order valence-corrected chi connectivity index (χ2v) is 7.03. The lowest BCUT2D eigenvalue weighted by Gasteiger charge is -2.39. The molecule has 0 saturated carbocycles. The maximum absolute atomic E-state index is 5.30. The van der Waals surface area contributed by atoms with Crippen molar-refractivity contribution in [2.75, 3.05) is 55.4 Å². The Kier molecular flexibility index (Phi) is 8.99. The number of rotatable bonds is 4. The average Bonchev–Trinajstić information content (AvgIpc) is 2.54. The van der Waals surface area contributed by atoms with Gasteiger partial charge in [-0.15, -0.1) is 24.0 Å². The number of halogens is 1. The van der Waals surface area contributed by atoms with Crippen LogP contribution in [0, 0.1) is 5.92 Å². The van der Waals surface area contributed by atoms with E-state index in [1.54, 1.807) is 7.11 Å². The Morgan fingerprint density at radius 3 is 2.28 bits per heavy atom. The molecule has 6 heteroatoms. The molecule has 1 heterocycles. The predicted octanol–water partition coefficient (Wildman–Crippen LogP) is 3.18. The van der Waals surface area contributed by atoms with Crippen LogP contribution in [0.15, 0.2) is 29.3 Å². The Bertz CT molecular complexity index is 535. The SMILES string of the molecule is COc1ccc(C2C(CN=C(N(C)C)N(C)C)CCCN2C)cc1.I. The summed E-state index contributed by atoms with van der Waals surface area (Å²) in [6.45, 7) is 2.00. The quantitative estimate of drug-likeness (QED) is 0.393. The summed E-state index contributed by atoms with van der Waals surface area (Å²) in [5, 5.41) is 0. The minimum absolute atomic E-state index is 0. The summed E-state index contributed by atoms with van der Waals surface area (Å²) in [5.74, 6) is 2.47. The Hall–Kier alpha value is -1.02. The summed E-state index contributed by atoms with van der Waals surface area (Å²) >= 11 is 0. The molecule has 0 bridgehead atoms. The Morgan fingerprint density at radius 1 is 1.16 bits per heavy atom. The van der Waals surface area contributed by atoms with Crippen LogP contribution in [0.1, 0.15) is 24.4 Å². The minimum Gasteiger partial charge on any atom is -0.497 e. The lowest BCUT2D eigenvalue weighted by Crippen LogP contribution is -2.39. The van der Waals surface area contributed by atoms with Gasteiger partial charge in [0.1, 0.15) is 5.75 Å². The molecule has 1 aliphatic heterocycles. The van der Waals surface area contributed by atoms with Gasteiger partial charge in [-0.1, -0.05) is 12.1 Å². The third-order valence-corrected chi connectivity index (χ3v) is 4.73. The van der Waals surface area contributed by atoms with Crippen LogP contribution in [0.2, 0.25) is 0 Å². The number of nitrogens with zero attached hydrogens (tertiary/aromatic N) is 4. The Labute approximate surface area is 170 Å². The number of methoxy groups -OCH3 is 1. The van der Waals surface area contributed by atoms with E-state index in [-0.39, 0.29) is 24.0 Å². The van der Waals surface area contributed by atoms with E-state index in [4.69, 9.17) is 9.73 Å². The van der Waals surface area contributed by atoms with Gasteiger partial charge in [0.25, 0.3) is 0 Å². The molecular weight excluding hydrogens is 427 g/mol. The van der Waals surface area contributed by atoms with Crippen LogP contribution >= 0.6 is 24.0 Å². The molecule has 0 aromatic heterocycles. The van der Waals surface area contributed by atoms with Gasteiger partial charge >= 0.3 is 0 Å². The third-order valence-electron chi connectivity index (χ3n) is 4.73. The fourth-order valence-corrected chi connectivity index (χ4v) is 3.66. The summed E-state index contributed by atoms with van der Waals surface area (Å²) in [6.07, 6.45) is 2.46.